The fourth-order valence-electron chi connectivity index (χ4n) is 2.68. The largest absolute Gasteiger partial charge is 0.454 e. The Morgan fingerprint density at radius 2 is 2.08 bits per heavy atom. The Labute approximate surface area is 156 Å². The highest BCUT2D eigenvalue weighted by atomic mass is 79.9. The van der Waals surface area contributed by atoms with Crippen molar-refractivity contribution in [1.29, 1.82) is 0 Å². The number of hydrogen-bond acceptors (Lipinski definition) is 4. The number of rotatable bonds is 8. The molecule has 0 radical (unpaired) electrons. The molecule has 2 rings (SSSR count). The molecule has 0 spiro atoms. The second-order valence-corrected chi connectivity index (χ2v) is 6.93. The highest BCUT2D eigenvalue weighted by Crippen LogP contribution is 2.24. The average molecular weight is 407 g/mol. The quantitative estimate of drug-likeness (QED) is 0.258. The van der Waals surface area contributed by atoms with Crippen LogP contribution in [0.15, 0.2) is 39.4 Å². The van der Waals surface area contributed by atoms with Crippen LogP contribution in [-0.4, -0.2) is 23.7 Å². The van der Waals surface area contributed by atoms with Crippen LogP contribution in [0.4, 0.5) is 0 Å². The highest BCUT2D eigenvalue weighted by Gasteiger charge is 2.24. The summed E-state index contributed by atoms with van der Waals surface area (Å²) in [4.78, 5) is 22.8. The molecular formula is C20H23BrO4. The van der Waals surface area contributed by atoms with Crippen LogP contribution in [0, 0.1) is 6.92 Å². The van der Waals surface area contributed by atoms with E-state index in [-0.39, 0.29) is 12.1 Å². The van der Waals surface area contributed by atoms with Crippen LogP contribution in [0.2, 0.25) is 0 Å². The third-order valence-electron chi connectivity index (χ3n) is 4.02. The van der Waals surface area contributed by atoms with Gasteiger partial charge in [-0.25, -0.2) is 4.79 Å². The lowest BCUT2D eigenvalue weighted by molar-refractivity contribution is -0.139. The summed E-state index contributed by atoms with van der Waals surface area (Å²) in [5, 5.41) is 0.848. The number of esters is 1. The molecule has 2 heterocycles. The lowest BCUT2D eigenvalue weighted by atomic mass is 10.1. The first-order chi connectivity index (χ1) is 11.9. The summed E-state index contributed by atoms with van der Waals surface area (Å²) in [5.41, 5.74) is 3.84. The van der Waals surface area contributed by atoms with Gasteiger partial charge in [0, 0.05) is 17.3 Å². The zero-order chi connectivity index (χ0) is 18.4. The Bertz CT molecular complexity index is 737. The molecule has 1 aliphatic heterocycles. The number of alkyl halides is 1. The zero-order valence-electron chi connectivity index (χ0n) is 14.8. The predicted octanol–water partition coefficient (Wildman–Crippen LogP) is 5.17. The predicted molar refractivity (Wildman–Crippen MR) is 102 cm³/mol. The van der Waals surface area contributed by atoms with Gasteiger partial charge in [-0.2, -0.15) is 0 Å². The lowest BCUT2D eigenvalue weighted by Crippen LogP contribution is -2.08. The molecule has 0 saturated carbocycles. The third kappa shape index (κ3) is 5.56. The van der Waals surface area contributed by atoms with Crippen LogP contribution in [0.5, 0.6) is 0 Å². The van der Waals surface area contributed by atoms with Crippen LogP contribution >= 0.6 is 15.9 Å². The Morgan fingerprint density at radius 3 is 2.72 bits per heavy atom. The van der Waals surface area contributed by atoms with Gasteiger partial charge in [0.05, 0.1) is 0 Å². The number of cyclic esters (lactones) is 1. The molecule has 1 aliphatic rings. The van der Waals surface area contributed by atoms with Gasteiger partial charge in [-0.1, -0.05) is 33.2 Å². The van der Waals surface area contributed by atoms with E-state index in [1.165, 1.54) is 5.57 Å². The van der Waals surface area contributed by atoms with Crippen molar-refractivity contribution in [3.8, 4) is 0 Å². The molecule has 5 heteroatoms. The summed E-state index contributed by atoms with van der Waals surface area (Å²) in [7, 11) is 0. The van der Waals surface area contributed by atoms with Gasteiger partial charge in [0.25, 0.3) is 0 Å². The molecule has 0 saturated heterocycles. The summed E-state index contributed by atoms with van der Waals surface area (Å²) in [6, 6.07) is 1.83. The molecule has 4 nitrogen and oxygen atoms in total. The monoisotopic (exact) mass is 406 g/mol. The topological polar surface area (TPSA) is 56.5 Å². The van der Waals surface area contributed by atoms with Crippen LogP contribution in [0.1, 0.15) is 55.0 Å². The van der Waals surface area contributed by atoms with E-state index in [1.54, 1.807) is 0 Å². The van der Waals surface area contributed by atoms with E-state index in [0.29, 0.717) is 30.6 Å². The SMILES string of the molecule is C/C(=C/c1cc(C)c(C=O)o1)CC1C=C(CC/C=C(\C)CBr)C(=O)O1. The molecule has 134 valence electrons. The molecule has 0 aromatic carbocycles. The van der Waals surface area contributed by atoms with Crippen molar-refractivity contribution in [2.24, 2.45) is 0 Å². The van der Waals surface area contributed by atoms with Crippen LogP contribution in [0.25, 0.3) is 6.08 Å². The number of ether oxygens (including phenoxy) is 1. The molecule has 1 unspecified atom stereocenters. The molecule has 0 fully saturated rings. The van der Waals surface area contributed by atoms with Crippen molar-refractivity contribution in [3.05, 3.63) is 52.0 Å². The molecule has 1 aromatic rings. The molecule has 0 aliphatic carbocycles. The van der Waals surface area contributed by atoms with Gasteiger partial charge in [-0.15, -0.1) is 0 Å². The smallest absolute Gasteiger partial charge is 0.334 e. The van der Waals surface area contributed by atoms with E-state index in [4.69, 9.17) is 9.15 Å². The van der Waals surface area contributed by atoms with Crippen molar-refractivity contribution in [2.75, 3.05) is 5.33 Å². The van der Waals surface area contributed by atoms with Gasteiger partial charge in [-0.05, 0) is 57.4 Å². The lowest BCUT2D eigenvalue weighted by Gasteiger charge is -2.07. The van der Waals surface area contributed by atoms with E-state index in [1.807, 2.05) is 32.1 Å². The number of furan rings is 1. The summed E-state index contributed by atoms with van der Waals surface area (Å²) in [6.07, 6.45) is 8.54. The molecule has 25 heavy (non-hydrogen) atoms. The Balaban J connectivity index is 1.96. The van der Waals surface area contributed by atoms with E-state index in [0.717, 1.165) is 28.5 Å². The van der Waals surface area contributed by atoms with Crippen molar-refractivity contribution in [1.82, 2.24) is 0 Å². The summed E-state index contributed by atoms with van der Waals surface area (Å²) in [5.74, 6) is 0.765. The molecular weight excluding hydrogens is 384 g/mol. The van der Waals surface area contributed by atoms with Gasteiger partial charge in [0.2, 0.25) is 0 Å². The number of hydrogen-bond donors (Lipinski definition) is 0. The number of carbonyl (C=O) groups is 2. The molecule has 0 bridgehead atoms. The Morgan fingerprint density at radius 1 is 1.32 bits per heavy atom. The van der Waals surface area contributed by atoms with Crippen molar-refractivity contribution in [2.45, 2.75) is 46.1 Å². The standard InChI is InChI=1S/C20H23BrO4/c1-13(11-21)5-4-6-16-10-18(25-20(16)23)8-14(2)7-17-9-15(3)19(12-22)24-17/h5,7,9-10,12,18H,4,6,8,11H2,1-3H3/b13-5+,14-7-. The first-order valence-electron chi connectivity index (χ1n) is 8.29. The fourth-order valence-corrected chi connectivity index (χ4v) is 2.91. The maximum Gasteiger partial charge on any atom is 0.334 e. The van der Waals surface area contributed by atoms with Gasteiger partial charge >= 0.3 is 5.97 Å². The fraction of sp³-hybridized carbons (Fsp3) is 0.400. The minimum atomic E-state index is -0.235. The second kappa shape index (κ2) is 8.99. The average Bonchev–Trinajstić information content (AvgIpc) is 3.09. The van der Waals surface area contributed by atoms with Crippen molar-refractivity contribution in [3.63, 3.8) is 0 Å². The number of halogens is 1. The van der Waals surface area contributed by atoms with Crippen molar-refractivity contribution >= 4 is 34.3 Å². The maximum atomic E-state index is 12.0. The minimum Gasteiger partial charge on any atom is -0.454 e. The van der Waals surface area contributed by atoms with Crippen LogP contribution in [-0.2, 0) is 9.53 Å². The number of aryl methyl sites for hydroxylation is 1. The van der Waals surface area contributed by atoms with Crippen molar-refractivity contribution < 1.29 is 18.7 Å². The van der Waals surface area contributed by atoms with Gasteiger partial charge < -0.3 is 9.15 Å². The normalized spacial score (nSPS) is 18.3. The Kier molecular flexibility index (Phi) is 7.00. The van der Waals surface area contributed by atoms with Gasteiger partial charge in [0.15, 0.2) is 12.0 Å². The first-order valence-corrected chi connectivity index (χ1v) is 9.41. The maximum absolute atomic E-state index is 12.0. The number of allylic oxidation sites excluding steroid dienone is 2. The molecule has 1 aromatic heterocycles. The second-order valence-electron chi connectivity index (χ2n) is 6.37. The van der Waals surface area contributed by atoms with Gasteiger partial charge in [-0.3, -0.25) is 4.79 Å². The third-order valence-corrected chi connectivity index (χ3v) is 4.90. The highest BCUT2D eigenvalue weighted by molar-refractivity contribution is 9.09. The minimum absolute atomic E-state index is 0.222. The molecule has 0 amide bonds. The van der Waals surface area contributed by atoms with E-state index >= 15 is 0 Å². The van der Waals surface area contributed by atoms with Crippen LogP contribution < -0.4 is 0 Å². The molecule has 0 N–H and O–H groups in total. The first kappa shape index (κ1) is 19.4. The van der Waals surface area contributed by atoms with Crippen LogP contribution in [0.3, 0.4) is 0 Å². The Hall–Kier alpha value is -1.88. The van der Waals surface area contributed by atoms with Gasteiger partial charge in [0.1, 0.15) is 11.9 Å². The van der Waals surface area contributed by atoms with E-state index in [9.17, 15) is 9.59 Å². The van der Waals surface area contributed by atoms with E-state index < -0.39 is 0 Å². The number of carbonyl (C=O) groups excluding carboxylic acids is 2. The number of aldehydes is 1. The zero-order valence-corrected chi connectivity index (χ0v) is 16.4. The summed E-state index contributed by atoms with van der Waals surface area (Å²) >= 11 is 3.41. The van der Waals surface area contributed by atoms with E-state index in [2.05, 4.69) is 28.9 Å². The summed E-state index contributed by atoms with van der Waals surface area (Å²) < 4.78 is 10.9. The molecule has 1 atom stereocenters. The summed E-state index contributed by atoms with van der Waals surface area (Å²) in [6.45, 7) is 5.85.